The molecule has 0 spiro atoms. The van der Waals surface area contributed by atoms with Crippen LogP contribution < -0.4 is 10.6 Å². The number of nitrogens with one attached hydrogen (secondary N) is 2. The predicted molar refractivity (Wildman–Crippen MR) is 80.5 cm³/mol. The van der Waals surface area contributed by atoms with Crippen LogP contribution in [0.1, 0.15) is 41.6 Å². The fourth-order valence-corrected chi connectivity index (χ4v) is 2.19. The minimum Gasteiger partial charge on any atom is -0.373 e. The second-order valence-electron chi connectivity index (χ2n) is 4.67. The van der Waals surface area contributed by atoms with E-state index in [1.165, 1.54) is 11.5 Å². The van der Waals surface area contributed by atoms with Gasteiger partial charge in [-0.25, -0.2) is 9.97 Å². The van der Waals surface area contributed by atoms with Gasteiger partial charge in [0.15, 0.2) is 0 Å². The van der Waals surface area contributed by atoms with Gasteiger partial charge >= 0.3 is 0 Å². The Morgan fingerprint density at radius 2 is 2.05 bits per heavy atom. The van der Waals surface area contributed by atoms with Gasteiger partial charge in [0.05, 0.1) is 0 Å². The van der Waals surface area contributed by atoms with Gasteiger partial charge < -0.3 is 5.32 Å². The van der Waals surface area contributed by atoms with Gasteiger partial charge in [0.25, 0.3) is 5.91 Å². The van der Waals surface area contributed by atoms with Gasteiger partial charge in [0, 0.05) is 29.8 Å². The minimum atomic E-state index is -0.207. The summed E-state index contributed by atoms with van der Waals surface area (Å²) in [6, 6.07) is 3.52. The quantitative estimate of drug-likeness (QED) is 0.905. The van der Waals surface area contributed by atoms with Gasteiger partial charge in [-0.2, -0.15) is 4.37 Å². The molecule has 0 atom stereocenters. The van der Waals surface area contributed by atoms with Crippen LogP contribution in [-0.4, -0.2) is 27.3 Å². The van der Waals surface area contributed by atoms with Crippen molar-refractivity contribution in [1.29, 1.82) is 0 Å². The van der Waals surface area contributed by atoms with Crippen molar-refractivity contribution in [3.05, 3.63) is 29.2 Å². The zero-order valence-corrected chi connectivity index (χ0v) is 12.7. The Morgan fingerprint density at radius 3 is 2.60 bits per heavy atom. The van der Waals surface area contributed by atoms with Gasteiger partial charge in [-0.05, 0) is 25.0 Å². The van der Waals surface area contributed by atoms with Gasteiger partial charge in [0.1, 0.15) is 11.6 Å². The molecule has 0 aliphatic carbocycles. The van der Waals surface area contributed by atoms with Crippen LogP contribution in [0, 0.1) is 6.92 Å². The lowest BCUT2D eigenvalue weighted by Gasteiger charge is -2.10. The van der Waals surface area contributed by atoms with E-state index in [-0.39, 0.29) is 11.8 Å². The molecule has 0 fully saturated rings. The highest BCUT2D eigenvalue weighted by atomic mass is 32.1. The summed E-state index contributed by atoms with van der Waals surface area (Å²) in [5, 5.41) is 6.22. The number of aromatic nitrogens is 3. The Labute approximate surface area is 121 Å². The highest BCUT2D eigenvalue weighted by molar-refractivity contribution is 7.09. The average molecular weight is 291 g/mol. The molecule has 106 valence electrons. The van der Waals surface area contributed by atoms with Gasteiger partial charge in [-0.1, -0.05) is 13.8 Å². The lowest BCUT2D eigenvalue weighted by molar-refractivity contribution is 0.102. The lowest BCUT2D eigenvalue weighted by atomic mass is 10.1. The molecule has 0 saturated heterocycles. The maximum Gasteiger partial charge on any atom is 0.257 e. The summed E-state index contributed by atoms with van der Waals surface area (Å²) in [5.74, 6) is 1.37. The minimum absolute atomic E-state index is 0.207. The zero-order valence-electron chi connectivity index (χ0n) is 11.9. The first kappa shape index (κ1) is 14.4. The number of carbonyl (C=O) groups excluding carboxylic acids is 1. The third-order valence-corrected chi connectivity index (χ3v) is 3.42. The second-order valence-corrected chi connectivity index (χ2v) is 5.42. The van der Waals surface area contributed by atoms with Crippen LogP contribution in [0.2, 0.25) is 0 Å². The van der Waals surface area contributed by atoms with Crippen LogP contribution >= 0.6 is 11.5 Å². The number of carbonyl (C=O) groups is 1. The number of pyridine rings is 1. The highest BCUT2D eigenvalue weighted by Gasteiger charge is 2.13. The zero-order chi connectivity index (χ0) is 14.7. The van der Waals surface area contributed by atoms with Crippen LogP contribution in [0.4, 0.5) is 10.9 Å². The maximum atomic E-state index is 12.2. The SMILES string of the molecule is CNc1cc(C(=O)Nc2nc(C)ns2)cc(C(C)C)n1. The number of anilines is 2. The molecule has 6 nitrogen and oxygen atoms in total. The summed E-state index contributed by atoms with van der Waals surface area (Å²) in [7, 11) is 1.78. The van der Waals surface area contributed by atoms with E-state index >= 15 is 0 Å². The van der Waals surface area contributed by atoms with Crippen LogP contribution in [-0.2, 0) is 0 Å². The van der Waals surface area contributed by atoms with Crippen LogP contribution in [0.25, 0.3) is 0 Å². The summed E-state index contributed by atoms with van der Waals surface area (Å²) in [6.07, 6.45) is 0. The maximum absolute atomic E-state index is 12.2. The van der Waals surface area contributed by atoms with Gasteiger partial charge in [0.2, 0.25) is 5.13 Å². The summed E-state index contributed by atoms with van der Waals surface area (Å²) in [4.78, 5) is 20.8. The van der Waals surface area contributed by atoms with Crippen LogP contribution in [0.3, 0.4) is 0 Å². The van der Waals surface area contributed by atoms with Crippen molar-refractivity contribution in [3.63, 3.8) is 0 Å². The Balaban J connectivity index is 2.26. The molecule has 0 radical (unpaired) electrons. The second kappa shape index (κ2) is 5.96. The topological polar surface area (TPSA) is 79.8 Å². The normalized spacial score (nSPS) is 10.7. The van der Waals surface area contributed by atoms with Crippen LogP contribution in [0.15, 0.2) is 12.1 Å². The molecule has 0 aliphatic rings. The highest BCUT2D eigenvalue weighted by Crippen LogP contribution is 2.19. The smallest absolute Gasteiger partial charge is 0.257 e. The Hall–Kier alpha value is -2.02. The average Bonchev–Trinajstić information content (AvgIpc) is 2.83. The molecule has 2 rings (SSSR count). The number of hydrogen-bond donors (Lipinski definition) is 2. The summed E-state index contributed by atoms with van der Waals surface area (Å²) in [6.45, 7) is 5.86. The molecule has 2 aromatic heterocycles. The molecular weight excluding hydrogens is 274 g/mol. The molecule has 0 bridgehead atoms. The number of hydrogen-bond acceptors (Lipinski definition) is 6. The third-order valence-electron chi connectivity index (χ3n) is 2.70. The molecule has 2 N–H and O–H groups in total. The first-order valence-corrected chi connectivity index (χ1v) is 7.08. The van der Waals surface area contributed by atoms with E-state index in [1.54, 1.807) is 26.1 Å². The van der Waals surface area contributed by atoms with E-state index in [9.17, 15) is 4.79 Å². The van der Waals surface area contributed by atoms with Crippen molar-refractivity contribution < 1.29 is 4.79 Å². The molecule has 0 saturated carbocycles. The first-order valence-electron chi connectivity index (χ1n) is 6.31. The number of aryl methyl sites for hydroxylation is 1. The number of rotatable bonds is 4. The summed E-state index contributed by atoms with van der Waals surface area (Å²) in [5.41, 5.74) is 1.43. The monoisotopic (exact) mass is 291 g/mol. The summed E-state index contributed by atoms with van der Waals surface area (Å²) < 4.78 is 4.03. The predicted octanol–water partition coefficient (Wildman–Crippen LogP) is 2.66. The Bertz CT molecular complexity index is 623. The van der Waals surface area contributed by atoms with Crippen molar-refractivity contribution in [2.45, 2.75) is 26.7 Å². The van der Waals surface area contributed by atoms with Crippen molar-refractivity contribution in [1.82, 2.24) is 14.3 Å². The van der Waals surface area contributed by atoms with E-state index in [0.717, 1.165) is 5.69 Å². The van der Waals surface area contributed by atoms with Crippen molar-refractivity contribution in [3.8, 4) is 0 Å². The molecular formula is C13H17N5OS. The fourth-order valence-electron chi connectivity index (χ4n) is 1.62. The van der Waals surface area contributed by atoms with Crippen LogP contribution in [0.5, 0.6) is 0 Å². The molecule has 20 heavy (non-hydrogen) atoms. The summed E-state index contributed by atoms with van der Waals surface area (Å²) >= 11 is 1.17. The van der Waals surface area contributed by atoms with Crippen molar-refractivity contribution in [2.75, 3.05) is 17.7 Å². The van der Waals surface area contributed by atoms with E-state index in [0.29, 0.717) is 22.3 Å². The van der Waals surface area contributed by atoms with Gasteiger partial charge in [-0.15, -0.1) is 0 Å². The fraction of sp³-hybridized carbons (Fsp3) is 0.385. The van der Waals surface area contributed by atoms with E-state index < -0.39 is 0 Å². The van der Waals surface area contributed by atoms with Gasteiger partial charge in [-0.3, -0.25) is 10.1 Å². The molecule has 7 heteroatoms. The third kappa shape index (κ3) is 3.30. The first-order chi connectivity index (χ1) is 9.49. The van der Waals surface area contributed by atoms with Crippen molar-refractivity contribution in [2.24, 2.45) is 0 Å². The molecule has 0 aromatic carbocycles. The molecule has 1 amide bonds. The molecule has 2 aromatic rings. The van der Waals surface area contributed by atoms with E-state index in [2.05, 4.69) is 25.0 Å². The number of amides is 1. The lowest BCUT2D eigenvalue weighted by Crippen LogP contribution is -2.13. The van der Waals surface area contributed by atoms with E-state index in [1.807, 2.05) is 13.8 Å². The van der Waals surface area contributed by atoms with E-state index in [4.69, 9.17) is 0 Å². The molecule has 2 heterocycles. The Morgan fingerprint density at radius 1 is 1.30 bits per heavy atom. The number of nitrogens with zero attached hydrogens (tertiary/aromatic N) is 3. The largest absolute Gasteiger partial charge is 0.373 e. The standard InChI is InChI=1S/C13H17N5OS/c1-7(2)10-5-9(6-11(14-4)16-10)12(19)17-13-15-8(3)18-20-13/h5-7H,1-4H3,(H,14,16)(H,15,17,18,19). The molecule has 0 unspecified atom stereocenters. The Kier molecular flexibility index (Phi) is 4.29. The van der Waals surface area contributed by atoms with Crippen molar-refractivity contribution >= 4 is 28.4 Å². The molecule has 0 aliphatic heterocycles.